The number of fused-ring (bicyclic) bond motifs is 1. The van der Waals surface area contributed by atoms with Gasteiger partial charge in [0.1, 0.15) is 12.4 Å². The zero-order valence-electron chi connectivity index (χ0n) is 16.8. The molecule has 4 rings (SSSR count). The maximum atomic E-state index is 12.0. The maximum absolute atomic E-state index is 12.0. The van der Waals surface area contributed by atoms with Crippen molar-refractivity contribution in [2.45, 2.75) is 6.61 Å². The van der Waals surface area contributed by atoms with Crippen molar-refractivity contribution in [2.24, 2.45) is 5.10 Å². The van der Waals surface area contributed by atoms with Crippen molar-refractivity contribution in [3.8, 4) is 17.2 Å². The van der Waals surface area contributed by atoms with Crippen LogP contribution in [0.1, 0.15) is 11.1 Å². The van der Waals surface area contributed by atoms with Crippen LogP contribution in [-0.2, 0) is 11.4 Å². The number of ether oxygens (including phenoxy) is 3. The number of nitrogens with zero attached hydrogens (tertiary/aromatic N) is 1. The highest BCUT2D eigenvalue weighted by Crippen LogP contribution is 2.34. The number of carbonyl (C=O) groups is 1. The standard InChI is InChI=1S/C23H19BrClN3O4/c24-18-9-15(5-7-20(18)30-13-16-3-1-2-4-19(16)25)11-27-28-23(29)12-26-17-6-8-21-22(10-17)32-14-31-21/h1-11,26H,12-14H2,(H,28,29)/b27-11+. The summed E-state index contributed by atoms with van der Waals surface area (Å²) < 4.78 is 17.2. The van der Waals surface area contributed by atoms with Gasteiger partial charge >= 0.3 is 0 Å². The molecule has 0 atom stereocenters. The lowest BCUT2D eigenvalue weighted by atomic mass is 10.2. The Bertz CT molecular complexity index is 1160. The second kappa shape index (κ2) is 10.4. The Morgan fingerprint density at radius 3 is 2.81 bits per heavy atom. The van der Waals surface area contributed by atoms with Crippen molar-refractivity contribution in [1.29, 1.82) is 0 Å². The van der Waals surface area contributed by atoms with E-state index in [1.165, 1.54) is 0 Å². The molecule has 0 fully saturated rings. The third kappa shape index (κ3) is 5.72. The van der Waals surface area contributed by atoms with Crippen molar-refractivity contribution < 1.29 is 19.0 Å². The molecule has 0 spiro atoms. The summed E-state index contributed by atoms with van der Waals surface area (Å²) >= 11 is 9.65. The molecular formula is C23H19BrClN3O4. The van der Waals surface area contributed by atoms with E-state index in [0.29, 0.717) is 28.9 Å². The predicted molar refractivity (Wildman–Crippen MR) is 127 cm³/mol. The van der Waals surface area contributed by atoms with Crippen LogP contribution in [0.25, 0.3) is 0 Å². The van der Waals surface area contributed by atoms with Gasteiger partial charge in [0.05, 0.1) is 17.2 Å². The third-order valence-electron chi connectivity index (χ3n) is 4.53. The largest absolute Gasteiger partial charge is 0.488 e. The Hall–Kier alpha value is -3.23. The fraction of sp³-hybridized carbons (Fsp3) is 0.130. The molecule has 3 aromatic carbocycles. The quantitative estimate of drug-likeness (QED) is 0.326. The molecule has 0 unspecified atom stereocenters. The van der Waals surface area contributed by atoms with E-state index in [-0.39, 0.29) is 19.2 Å². The Labute approximate surface area is 198 Å². The number of hydrogen-bond donors (Lipinski definition) is 2. The molecule has 1 aliphatic rings. The van der Waals surface area contributed by atoms with Crippen LogP contribution in [0.2, 0.25) is 5.02 Å². The smallest absolute Gasteiger partial charge is 0.259 e. The first-order valence-corrected chi connectivity index (χ1v) is 10.9. The average Bonchev–Trinajstić information content (AvgIpc) is 3.26. The van der Waals surface area contributed by atoms with Crippen LogP contribution < -0.4 is 25.0 Å². The molecule has 1 heterocycles. The summed E-state index contributed by atoms with van der Waals surface area (Å²) in [7, 11) is 0. The highest BCUT2D eigenvalue weighted by Gasteiger charge is 2.13. The van der Waals surface area contributed by atoms with Gasteiger partial charge in [0.15, 0.2) is 11.5 Å². The first-order chi connectivity index (χ1) is 15.6. The van der Waals surface area contributed by atoms with Gasteiger partial charge in [0, 0.05) is 22.3 Å². The number of anilines is 1. The number of benzene rings is 3. The van der Waals surface area contributed by atoms with Crippen LogP contribution in [-0.4, -0.2) is 25.5 Å². The Balaban J connectivity index is 1.25. The van der Waals surface area contributed by atoms with Crippen LogP contribution in [0.4, 0.5) is 5.69 Å². The highest BCUT2D eigenvalue weighted by molar-refractivity contribution is 9.10. The first-order valence-electron chi connectivity index (χ1n) is 9.70. The number of carbonyl (C=O) groups excluding carboxylic acids is 1. The van der Waals surface area contributed by atoms with E-state index in [1.54, 1.807) is 18.3 Å². The SMILES string of the molecule is O=C(CNc1ccc2c(c1)OCO2)N/N=C/c1ccc(OCc2ccccc2Cl)c(Br)c1. The molecule has 0 aromatic heterocycles. The van der Waals surface area contributed by atoms with Crippen LogP contribution in [0, 0.1) is 0 Å². The zero-order chi connectivity index (χ0) is 22.3. The molecule has 7 nitrogen and oxygen atoms in total. The van der Waals surface area contributed by atoms with E-state index in [2.05, 4.69) is 31.8 Å². The van der Waals surface area contributed by atoms with Crippen LogP contribution in [0.5, 0.6) is 17.2 Å². The minimum atomic E-state index is -0.280. The number of halogens is 2. The van der Waals surface area contributed by atoms with E-state index in [9.17, 15) is 4.79 Å². The van der Waals surface area contributed by atoms with E-state index < -0.39 is 0 Å². The molecule has 3 aromatic rings. The van der Waals surface area contributed by atoms with Gasteiger partial charge in [-0.05, 0) is 57.9 Å². The molecule has 0 aliphatic carbocycles. The van der Waals surface area contributed by atoms with Crippen molar-refractivity contribution in [2.75, 3.05) is 18.7 Å². The first kappa shape index (κ1) is 22.0. The predicted octanol–water partition coefficient (Wildman–Crippen LogP) is 4.97. The molecule has 32 heavy (non-hydrogen) atoms. The molecule has 0 saturated carbocycles. The summed E-state index contributed by atoms with van der Waals surface area (Å²) in [6, 6.07) is 18.4. The second-order valence-corrected chi connectivity index (χ2v) is 8.05. The summed E-state index contributed by atoms with van der Waals surface area (Å²) in [6.07, 6.45) is 1.56. The number of hydrazone groups is 1. The lowest BCUT2D eigenvalue weighted by Gasteiger charge is -2.10. The average molecular weight is 517 g/mol. The molecule has 1 aliphatic heterocycles. The fourth-order valence-electron chi connectivity index (χ4n) is 2.89. The number of rotatable bonds is 8. The highest BCUT2D eigenvalue weighted by atomic mass is 79.9. The molecule has 9 heteroatoms. The van der Waals surface area contributed by atoms with Crippen molar-refractivity contribution in [3.63, 3.8) is 0 Å². The second-order valence-electron chi connectivity index (χ2n) is 6.78. The van der Waals surface area contributed by atoms with Crippen molar-refractivity contribution in [3.05, 3.63) is 81.3 Å². The third-order valence-corrected chi connectivity index (χ3v) is 5.51. The van der Waals surface area contributed by atoms with Crippen LogP contribution in [0.3, 0.4) is 0 Å². The lowest BCUT2D eigenvalue weighted by molar-refractivity contribution is -0.119. The number of nitrogens with one attached hydrogen (secondary N) is 2. The molecule has 0 radical (unpaired) electrons. The van der Waals surface area contributed by atoms with Gasteiger partial charge in [0.25, 0.3) is 5.91 Å². The van der Waals surface area contributed by atoms with Crippen LogP contribution >= 0.6 is 27.5 Å². The van der Waals surface area contributed by atoms with Gasteiger partial charge < -0.3 is 19.5 Å². The summed E-state index contributed by atoms with van der Waals surface area (Å²) in [6.45, 7) is 0.631. The van der Waals surface area contributed by atoms with Crippen molar-refractivity contribution >= 4 is 45.3 Å². The number of amides is 1. The summed E-state index contributed by atoms with van der Waals surface area (Å²) in [5.41, 5.74) is 4.95. The van der Waals surface area contributed by atoms with Gasteiger partial charge in [-0.25, -0.2) is 5.43 Å². The van der Waals surface area contributed by atoms with E-state index >= 15 is 0 Å². The fourth-order valence-corrected chi connectivity index (χ4v) is 3.59. The topological polar surface area (TPSA) is 81.2 Å². The maximum Gasteiger partial charge on any atom is 0.259 e. The molecule has 0 bridgehead atoms. The Morgan fingerprint density at radius 2 is 1.97 bits per heavy atom. The minimum Gasteiger partial charge on any atom is -0.488 e. The normalized spacial score (nSPS) is 12.1. The Kier molecular flexibility index (Phi) is 7.14. The summed E-state index contributed by atoms with van der Waals surface area (Å²) in [5, 5.41) is 7.68. The van der Waals surface area contributed by atoms with E-state index in [4.69, 9.17) is 25.8 Å². The molecule has 2 N–H and O–H groups in total. The summed E-state index contributed by atoms with van der Waals surface area (Å²) in [5.74, 6) is 1.74. The zero-order valence-corrected chi connectivity index (χ0v) is 19.2. The molecule has 164 valence electrons. The van der Waals surface area contributed by atoms with E-state index in [0.717, 1.165) is 21.3 Å². The minimum absolute atomic E-state index is 0.0650. The lowest BCUT2D eigenvalue weighted by Crippen LogP contribution is -2.25. The van der Waals surface area contributed by atoms with Gasteiger partial charge in [-0.1, -0.05) is 29.8 Å². The molecular weight excluding hydrogens is 498 g/mol. The van der Waals surface area contributed by atoms with Gasteiger partial charge in [-0.2, -0.15) is 5.10 Å². The van der Waals surface area contributed by atoms with Gasteiger partial charge in [0.2, 0.25) is 6.79 Å². The van der Waals surface area contributed by atoms with E-state index in [1.807, 2.05) is 48.5 Å². The number of hydrogen-bond acceptors (Lipinski definition) is 6. The summed E-state index contributed by atoms with van der Waals surface area (Å²) in [4.78, 5) is 12.0. The van der Waals surface area contributed by atoms with Crippen LogP contribution in [0.15, 0.2) is 70.2 Å². The van der Waals surface area contributed by atoms with Gasteiger partial charge in [-0.15, -0.1) is 0 Å². The molecule has 1 amide bonds. The monoisotopic (exact) mass is 515 g/mol. The van der Waals surface area contributed by atoms with Crippen molar-refractivity contribution in [1.82, 2.24) is 5.43 Å². The van der Waals surface area contributed by atoms with Gasteiger partial charge in [-0.3, -0.25) is 4.79 Å². The Morgan fingerprint density at radius 1 is 1.12 bits per heavy atom. The molecule has 0 saturated heterocycles.